The Hall–Kier alpha value is -2.49. The van der Waals surface area contributed by atoms with Crippen molar-refractivity contribution >= 4 is 11.6 Å². The van der Waals surface area contributed by atoms with Gasteiger partial charge in [0.1, 0.15) is 11.5 Å². The molecule has 24 heavy (non-hydrogen) atoms. The molecule has 0 saturated carbocycles. The van der Waals surface area contributed by atoms with Crippen molar-refractivity contribution in [3.05, 3.63) is 54.1 Å². The van der Waals surface area contributed by atoms with E-state index in [9.17, 15) is 4.79 Å². The third kappa shape index (κ3) is 5.30. The van der Waals surface area contributed by atoms with E-state index in [1.54, 1.807) is 0 Å². The molecule has 0 aromatic heterocycles. The molecule has 0 bridgehead atoms. The van der Waals surface area contributed by atoms with Gasteiger partial charge >= 0.3 is 0 Å². The van der Waals surface area contributed by atoms with Gasteiger partial charge < -0.3 is 14.8 Å². The minimum Gasteiger partial charge on any atom is -0.491 e. The summed E-state index contributed by atoms with van der Waals surface area (Å²) < 4.78 is 11.5. The maximum Gasteiger partial charge on any atom is 0.265 e. The van der Waals surface area contributed by atoms with E-state index in [1.807, 2.05) is 76.2 Å². The van der Waals surface area contributed by atoms with Crippen LogP contribution >= 0.6 is 0 Å². The van der Waals surface area contributed by atoms with Crippen LogP contribution in [0, 0.1) is 6.92 Å². The third-order valence-corrected chi connectivity index (χ3v) is 3.40. The van der Waals surface area contributed by atoms with Crippen molar-refractivity contribution in [1.82, 2.24) is 0 Å². The molecule has 1 N–H and O–H groups in total. The van der Waals surface area contributed by atoms with Gasteiger partial charge in [-0.3, -0.25) is 4.79 Å². The van der Waals surface area contributed by atoms with Crippen molar-refractivity contribution in [1.29, 1.82) is 0 Å². The van der Waals surface area contributed by atoms with E-state index in [-0.39, 0.29) is 12.0 Å². The monoisotopic (exact) mass is 327 g/mol. The number of rotatable bonds is 7. The summed E-state index contributed by atoms with van der Waals surface area (Å²) in [6.07, 6.45) is 0.132. The number of hydrogen-bond donors (Lipinski definition) is 1. The molecule has 0 radical (unpaired) electrons. The van der Waals surface area contributed by atoms with Crippen molar-refractivity contribution in [2.45, 2.75) is 46.3 Å². The van der Waals surface area contributed by atoms with Crippen LogP contribution in [0.5, 0.6) is 11.5 Å². The summed E-state index contributed by atoms with van der Waals surface area (Å²) in [6.45, 7) is 7.86. The number of aryl methyl sites for hydroxylation is 1. The van der Waals surface area contributed by atoms with E-state index in [4.69, 9.17) is 9.47 Å². The van der Waals surface area contributed by atoms with Crippen LogP contribution in [0.4, 0.5) is 5.69 Å². The van der Waals surface area contributed by atoms with E-state index in [0.717, 1.165) is 11.3 Å². The smallest absolute Gasteiger partial charge is 0.265 e. The second-order valence-corrected chi connectivity index (χ2v) is 6.01. The van der Waals surface area contributed by atoms with Crippen LogP contribution in [0.2, 0.25) is 0 Å². The Labute approximate surface area is 143 Å². The molecule has 0 aliphatic carbocycles. The van der Waals surface area contributed by atoms with Gasteiger partial charge in [-0.2, -0.15) is 0 Å². The van der Waals surface area contributed by atoms with E-state index in [0.29, 0.717) is 17.9 Å². The SMILES string of the molecule is CCC(Oc1cccc(C)c1)C(=O)Nc1cccc(OC(C)C)c1. The Morgan fingerprint density at radius 3 is 2.33 bits per heavy atom. The van der Waals surface area contributed by atoms with Gasteiger partial charge in [0.25, 0.3) is 5.91 Å². The first-order chi connectivity index (χ1) is 11.5. The van der Waals surface area contributed by atoms with Gasteiger partial charge in [0.2, 0.25) is 0 Å². The molecule has 4 heteroatoms. The van der Waals surface area contributed by atoms with Crippen molar-refractivity contribution in [3.8, 4) is 11.5 Å². The largest absolute Gasteiger partial charge is 0.491 e. The number of amides is 1. The molecule has 0 fully saturated rings. The summed E-state index contributed by atoms with van der Waals surface area (Å²) in [4.78, 5) is 12.5. The maximum atomic E-state index is 12.5. The lowest BCUT2D eigenvalue weighted by atomic mass is 10.2. The number of carbonyl (C=O) groups is 1. The molecule has 4 nitrogen and oxygen atoms in total. The first-order valence-electron chi connectivity index (χ1n) is 8.29. The first-order valence-corrected chi connectivity index (χ1v) is 8.29. The lowest BCUT2D eigenvalue weighted by Gasteiger charge is -2.18. The predicted molar refractivity (Wildman–Crippen MR) is 96.7 cm³/mol. The van der Waals surface area contributed by atoms with Gasteiger partial charge in [0.15, 0.2) is 6.10 Å². The fourth-order valence-electron chi connectivity index (χ4n) is 2.32. The molecule has 2 aromatic rings. The van der Waals surface area contributed by atoms with Crippen LogP contribution in [-0.4, -0.2) is 18.1 Å². The van der Waals surface area contributed by atoms with Gasteiger partial charge in [-0.1, -0.05) is 25.1 Å². The highest BCUT2D eigenvalue weighted by atomic mass is 16.5. The van der Waals surface area contributed by atoms with Crippen molar-refractivity contribution in [3.63, 3.8) is 0 Å². The molecule has 0 heterocycles. The Balaban J connectivity index is 2.04. The maximum absolute atomic E-state index is 12.5. The minimum absolute atomic E-state index is 0.0870. The Kier molecular flexibility index (Phi) is 6.24. The van der Waals surface area contributed by atoms with Crippen molar-refractivity contribution in [2.75, 3.05) is 5.32 Å². The fourth-order valence-corrected chi connectivity index (χ4v) is 2.32. The summed E-state index contributed by atoms with van der Waals surface area (Å²) in [7, 11) is 0. The molecule has 0 aliphatic heterocycles. The Morgan fingerprint density at radius 2 is 1.71 bits per heavy atom. The molecule has 0 spiro atoms. The van der Waals surface area contributed by atoms with E-state index in [2.05, 4.69) is 5.32 Å². The van der Waals surface area contributed by atoms with Gasteiger partial charge in [-0.15, -0.1) is 0 Å². The van der Waals surface area contributed by atoms with E-state index < -0.39 is 6.10 Å². The molecule has 0 saturated heterocycles. The molecule has 1 amide bonds. The molecule has 1 atom stereocenters. The summed E-state index contributed by atoms with van der Waals surface area (Å²) in [5, 5.41) is 2.90. The standard InChI is InChI=1S/C20H25NO3/c1-5-19(24-17-10-6-8-15(4)12-17)20(22)21-16-9-7-11-18(13-16)23-14(2)3/h6-14,19H,5H2,1-4H3,(H,21,22). The fraction of sp³-hybridized carbons (Fsp3) is 0.350. The quantitative estimate of drug-likeness (QED) is 0.810. The van der Waals surface area contributed by atoms with E-state index in [1.165, 1.54) is 0 Å². The average Bonchev–Trinajstić information content (AvgIpc) is 2.52. The van der Waals surface area contributed by atoms with Gasteiger partial charge in [-0.05, 0) is 57.0 Å². The summed E-state index contributed by atoms with van der Waals surface area (Å²) in [6, 6.07) is 15.1. The summed E-state index contributed by atoms with van der Waals surface area (Å²) in [5.74, 6) is 1.27. The Morgan fingerprint density at radius 1 is 1.04 bits per heavy atom. The molecular weight excluding hydrogens is 302 g/mol. The van der Waals surface area contributed by atoms with Crippen LogP contribution in [0.3, 0.4) is 0 Å². The lowest BCUT2D eigenvalue weighted by Crippen LogP contribution is -2.32. The third-order valence-electron chi connectivity index (χ3n) is 3.40. The predicted octanol–water partition coefficient (Wildman–Crippen LogP) is 4.58. The van der Waals surface area contributed by atoms with Crippen LogP contribution in [-0.2, 0) is 4.79 Å². The number of benzene rings is 2. The zero-order valence-electron chi connectivity index (χ0n) is 14.7. The lowest BCUT2D eigenvalue weighted by molar-refractivity contribution is -0.122. The number of ether oxygens (including phenoxy) is 2. The highest BCUT2D eigenvalue weighted by Crippen LogP contribution is 2.20. The molecule has 0 aliphatic rings. The number of anilines is 1. The van der Waals surface area contributed by atoms with Gasteiger partial charge in [-0.25, -0.2) is 0 Å². The van der Waals surface area contributed by atoms with Crippen LogP contribution in [0.15, 0.2) is 48.5 Å². The van der Waals surface area contributed by atoms with Crippen molar-refractivity contribution in [2.24, 2.45) is 0 Å². The Bertz CT molecular complexity index is 682. The second-order valence-electron chi connectivity index (χ2n) is 6.01. The molecule has 2 aromatic carbocycles. The molecule has 2 rings (SSSR count). The molecular formula is C20H25NO3. The topological polar surface area (TPSA) is 47.6 Å². The minimum atomic E-state index is -0.540. The number of nitrogens with one attached hydrogen (secondary N) is 1. The van der Waals surface area contributed by atoms with Crippen LogP contribution in [0.25, 0.3) is 0 Å². The first kappa shape index (κ1) is 17.9. The van der Waals surface area contributed by atoms with Crippen LogP contribution in [0.1, 0.15) is 32.8 Å². The second kappa shape index (κ2) is 8.39. The zero-order valence-corrected chi connectivity index (χ0v) is 14.7. The normalized spacial score (nSPS) is 11.9. The van der Waals surface area contributed by atoms with Gasteiger partial charge in [0, 0.05) is 11.8 Å². The van der Waals surface area contributed by atoms with Crippen molar-refractivity contribution < 1.29 is 14.3 Å². The molecule has 128 valence electrons. The van der Waals surface area contributed by atoms with Gasteiger partial charge in [0.05, 0.1) is 6.10 Å². The number of hydrogen-bond acceptors (Lipinski definition) is 3. The molecule has 1 unspecified atom stereocenters. The summed E-state index contributed by atoms with van der Waals surface area (Å²) >= 11 is 0. The van der Waals surface area contributed by atoms with Crippen LogP contribution < -0.4 is 14.8 Å². The average molecular weight is 327 g/mol. The van der Waals surface area contributed by atoms with E-state index >= 15 is 0 Å². The highest BCUT2D eigenvalue weighted by Gasteiger charge is 2.18. The number of carbonyl (C=O) groups excluding carboxylic acids is 1. The highest BCUT2D eigenvalue weighted by molar-refractivity contribution is 5.94. The summed E-state index contributed by atoms with van der Waals surface area (Å²) in [5.41, 5.74) is 1.80. The zero-order chi connectivity index (χ0) is 17.5.